The Labute approximate surface area is 172 Å². The van der Waals surface area contributed by atoms with E-state index >= 15 is 0 Å². The highest BCUT2D eigenvalue weighted by molar-refractivity contribution is 8.26. The van der Waals surface area contributed by atoms with Gasteiger partial charge in [-0.25, -0.2) is 0 Å². The van der Waals surface area contributed by atoms with Gasteiger partial charge >= 0.3 is 0 Å². The van der Waals surface area contributed by atoms with Crippen molar-refractivity contribution in [3.63, 3.8) is 0 Å². The summed E-state index contributed by atoms with van der Waals surface area (Å²) in [5.41, 5.74) is 3.91. The summed E-state index contributed by atoms with van der Waals surface area (Å²) in [5, 5.41) is 4.27. The molecule has 26 heavy (non-hydrogen) atoms. The largest absolute Gasteiger partial charge is 0.367 e. The van der Waals surface area contributed by atoms with Crippen molar-refractivity contribution in [2.24, 2.45) is 0 Å². The third kappa shape index (κ3) is 4.07. The maximum Gasteiger partial charge on any atom is 0.267 e. The maximum atomic E-state index is 12.7. The van der Waals surface area contributed by atoms with Crippen LogP contribution in [0.15, 0.2) is 41.3 Å². The number of thiocarbonyl (C=S) groups is 1. The first kappa shape index (κ1) is 19.2. The molecule has 0 atom stereocenters. The Balaban J connectivity index is 1.78. The number of aryl methyl sites for hydroxylation is 2. The minimum Gasteiger partial charge on any atom is -0.367 e. The molecular weight excluding hydrogens is 407 g/mol. The van der Waals surface area contributed by atoms with Gasteiger partial charge in [-0.1, -0.05) is 70.9 Å². The molecule has 134 valence electrons. The molecule has 2 aromatic rings. The van der Waals surface area contributed by atoms with Crippen LogP contribution >= 0.6 is 47.2 Å². The zero-order valence-corrected chi connectivity index (χ0v) is 17.3. The van der Waals surface area contributed by atoms with Crippen molar-refractivity contribution >= 4 is 69.2 Å². The highest BCUT2D eigenvalue weighted by atomic mass is 35.5. The summed E-state index contributed by atoms with van der Waals surface area (Å²) in [5.74, 6) is -0.159. The zero-order chi connectivity index (χ0) is 18.8. The molecular formula is C19H16Cl2N2OS2. The summed E-state index contributed by atoms with van der Waals surface area (Å²) in [6, 6.07) is 11.4. The van der Waals surface area contributed by atoms with Gasteiger partial charge in [-0.15, -0.1) is 0 Å². The SMILES string of the molecule is Cc1ccc(NCN2C(=O)C(=Cc3c(Cl)cccc3Cl)SC2=S)c(C)c1. The lowest BCUT2D eigenvalue weighted by Crippen LogP contribution is -2.33. The number of rotatable bonds is 4. The lowest BCUT2D eigenvalue weighted by Gasteiger charge is -2.17. The van der Waals surface area contributed by atoms with Crippen LogP contribution in [-0.2, 0) is 4.79 Å². The van der Waals surface area contributed by atoms with Gasteiger partial charge in [-0.2, -0.15) is 0 Å². The van der Waals surface area contributed by atoms with Crippen molar-refractivity contribution in [3.05, 3.63) is 68.0 Å². The van der Waals surface area contributed by atoms with Gasteiger partial charge in [-0.3, -0.25) is 9.69 Å². The molecule has 1 N–H and O–H groups in total. The Bertz CT molecular complexity index is 908. The quantitative estimate of drug-likeness (QED) is 0.492. The number of carbonyl (C=O) groups excluding carboxylic acids is 1. The third-order valence-corrected chi connectivity index (χ3v) is 6.00. The molecule has 0 spiro atoms. The molecule has 3 nitrogen and oxygen atoms in total. The first-order valence-electron chi connectivity index (χ1n) is 7.87. The van der Waals surface area contributed by atoms with Crippen molar-refractivity contribution in [1.29, 1.82) is 0 Å². The van der Waals surface area contributed by atoms with E-state index in [1.165, 1.54) is 22.2 Å². The van der Waals surface area contributed by atoms with Crippen molar-refractivity contribution < 1.29 is 4.79 Å². The van der Waals surface area contributed by atoms with E-state index in [9.17, 15) is 4.79 Å². The van der Waals surface area contributed by atoms with Crippen molar-refractivity contribution in [2.45, 2.75) is 13.8 Å². The van der Waals surface area contributed by atoms with E-state index in [4.69, 9.17) is 35.4 Å². The van der Waals surface area contributed by atoms with Gasteiger partial charge in [0.1, 0.15) is 4.32 Å². The molecule has 0 radical (unpaired) electrons. The minimum atomic E-state index is -0.159. The standard InChI is InChI=1S/C19H16Cl2N2OS2/c1-11-6-7-16(12(2)8-11)22-10-23-18(24)17(26-19(23)25)9-13-14(20)4-3-5-15(13)21/h3-9,22H,10H2,1-2H3. The number of anilines is 1. The number of amides is 1. The number of benzene rings is 2. The highest BCUT2D eigenvalue weighted by Crippen LogP contribution is 2.35. The normalized spacial score (nSPS) is 15.8. The topological polar surface area (TPSA) is 32.3 Å². The van der Waals surface area contributed by atoms with E-state index in [0.29, 0.717) is 31.5 Å². The Hall–Kier alpha value is -1.53. The van der Waals surface area contributed by atoms with Crippen LogP contribution in [0.2, 0.25) is 10.0 Å². The smallest absolute Gasteiger partial charge is 0.267 e. The van der Waals surface area contributed by atoms with Crippen molar-refractivity contribution in [2.75, 3.05) is 12.0 Å². The molecule has 0 aliphatic carbocycles. The summed E-state index contributed by atoms with van der Waals surface area (Å²) in [7, 11) is 0. The lowest BCUT2D eigenvalue weighted by molar-refractivity contribution is -0.121. The molecule has 1 fully saturated rings. The monoisotopic (exact) mass is 422 g/mol. The Morgan fingerprint density at radius 1 is 1.19 bits per heavy atom. The molecule has 0 saturated carbocycles. The van der Waals surface area contributed by atoms with Gasteiger partial charge < -0.3 is 5.32 Å². The highest BCUT2D eigenvalue weighted by Gasteiger charge is 2.32. The fraction of sp³-hybridized carbons (Fsp3) is 0.158. The first-order valence-corrected chi connectivity index (χ1v) is 9.85. The van der Waals surface area contributed by atoms with Crippen LogP contribution in [-0.4, -0.2) is 21.8 Å². The molecule has 0 bridgehead atoms. The van der Waals surface area contributed by atoms with Crippen LogP contribution in [0.3, 0.4) is 0 Å². The molecule has 1 heterocycles. The summed E-state index contributed by atoms with van der Waals surface area (Å²) < 4.78 is 0.502. The number of halogens is 2. The fourth-order valence-corrected chi connectivity index (χ4v) is 4.34. The van der Waals surface area contributed by atoms with Crippen LogP contribution in [0, 0.1) is 13.8 Å². The van der Waals surface area contributed by atoms with E-state index in [1.54, 1.807) is 24.3 Å². The maximum absolute atomic E-state index is 12.7. The van der Waals surface area contributed by atoms with Crippen molar-refractivity contribution in [1.82, 2.24) is 4.90 Å². The average molecular weight is 423 g/mol. The fourth-order valence-electron chi connectivity index (χ4n) is 2.59. The van der Waals surface area contributed by atoms with Crippen LogP contribution in [0.25, 0.3) is 6.08 Å². The van der Waals surface area contributed by atoms with E-state index in [-0.39, 0.29) is 5.91 Å². The van der Waals surface area contributed by atoms with Gasteiger partial charge in [0, 0.05) is 21.3 Å². The number of hydrogen-bond donors (Lipinski definition) is 1. The second kappa shape index (κ2) is 8.01. The van der Waals surface area contributed by atoms with Crippen molar-refractivity contribution in [3.8, 4) is 0 Å². The number of hydrogen-bond acceptors (Lipinski definition) is 4. The summed E-state index contributed by atoms with van der Waals surface area (Å²) >= 11 is 19.0. The molecule has 3 rings (SSSR count). The number of nitrogens with one attached hydrogen (secondary N) is 1. The molecule has 0 aromatic heterocycles. The number of nitrogens with zero attached hydrogens (tertiary/aromatic N) is 1. The second-order valence-corrected chi connectivity index (χ2v) is 8.39. The van der Waals surface area contributed by atoms with Gasteiger partial charge in [0.15, 0.2) is 0 Å². The van der Waals surface area contributed by atoms with Gasteiger partial charge in [0.25, 0.3) is 5.91 Å². The van der Waals surface area contributed by atoms with Gasteiger partial charge in [0.2, 0.25) is 0 Å². The Morgan fingerprint density at radius 3 is 2.54 bits per heavy atom. The summed E-state index contributed by atoms with van der Waals surface area (Å²) in [6.45, 7) is 4.38. The first-order chi connectivity index (χ1) is 12.4. The van der Waals surface area contributed by atoms with Gasteiger partial charge in [0.05, 0.1) is 11.6 Å². The van der Waals surface area contributed by atoms with Crippen LogP contribution < -0.4 is 5.32 Å². The van der Waals surface area contributed by atoms with E-state index in [0.717, 1.165) is 11.3 Å². The van der Waals surface area contributed by atoms with Crippen LogP contribution in [0.1, 0.15) is 16.7 Å². The second-order valence-electron chi connectivity index (χ2n) is 5.90. The lowest BCUT2D eigenvalue weighted by atomic mass is 10.1. The van der Waals surface area contributed by atoms with E-state index in [2.05, 4.69) is 11.4 Å². The van der Waals surface area contributed by atoms with E-state index in [1.807, 2.05) is 26.0 Å². The average Bonchev–Trinajstić information content (AvgIpc) is 2.84. The molecule has 1 aliphatic rings. The zero-order valence-electron chi connectivity index (χ0n) is 14.2. The molecule has 1 aliphatic heterocycles. The Morgan fingerprint density at radius 2 is 1.88 bits per heavy atom. The molecule has 1 saturated heterocycles. The molecule has 7 heteroatoms. The van der Waals surface area contributed by atoms with Crippen LogP contribution in [0.4, 0.5) is 5.69 Å². The predicted molar refractivity (Wildman–Crippen MR) is 116 cm³/mol. The van der Waals surface area contributed by atoms with Gasteiger partial charge in [-0.05, 0) is 43.7 Å². The summed E-state index contributed by atoms with van der Waals surface area (Å²) in [4.78, 5) is 14.8. The van der Waals surface area contributed by atoms with E-state index < -0.39 is 0 Å². The third-order valence-electron chi connectivity index (χ3n) is 3.96. The number of thioether (sulfide) groups is 1. The minimum absolute atomic E-state index is 0.159. The Kier molecular flexibility index (Phi) is 5.92. The molecule has 0 unspecified atom stereocenters. The number of carbonyl (C=O) groups is 1. The van der Waals surface area contributed by atoms with Crippen LogP contribution in [0.5, 0.6) is 0 Å². The predicted octanol–water partition coefficient (Wildman–Crippen LogP) is 5.88. The molecule has 2 aromatic carbocycles. The summed E-state index contributed by atoms with van der Waals surface area (Å²) in [6.07, 6.45) is 1.70. The molecule has 1 amide bonds.